The summed E-state index contributed by atoms with van der Waals surface area (Å²) in [7, 11) is 3.92. The molecular formula is C21H30N2O2S2. The standard InChI is InChI=1S/C13H16N2.C8H14O2S2/c1-2-6-11-10(4-1)5-3-7-12(11)13-14-8-9-15-13;9-8(10)4-2-1-3-7-5-6-11-12-7/h1-2,4,6,12H,3,5,7-9H2,(H,14,15);7H,1-6H2,(H,9,10)/t;7-/m.1/s1. The van der Waals surface area contributed by atoms with Gasteiger partial charge in [-0.1, -0.05) is 52.3 Å². The Kier molecular flexibility index (Phi) is 8.39. The van der Waals surface area contributed by atoms with Gasteiger partial charge in [-0.25, -0.2) is 0 Å². The van der Waals surface area contributed by atoms with Gasteiger partial charge >= 0.3 is 5.97 Å². The Morgan fingerprint density at radius 2 is 2.15 bits per heavy atom. The largest absolute Gasteiger partial charge is 0.481 e. The third-order valence-corrected chi connectivity index (χ3v) is 8.30. The third-order valence-electron chi connectivity index (χ3n) is 5.29. The summed E-state index contributed by atoms with van der Waals surface area (Å²) >= 11 is 0. The number of unbranched alkanes of at least 4 members (excludes halogenated alkanes) is 1. The first-order chi connectivity index (χ1) is 13.2. The average Bonchev–Trinajstić information content (AvgIpc) is 3.39. The molecule has 4 rings (SSSR count). The van der Waals surface area contributed by atoms with Crippen molar-refractivity contribution in [2.24, 2.45) is 4.99 Å². The Morgan fingerprint density at radius 1 is 1.26 bits per heavy atom. The number of fused-ring (bicyclic) bond motifs is 1. The molecule has 0 radical (unpaired) electrons. The molecule has 1 unspecified atom stereocenters. The van der Waals surface area contributed by atoms with E-state index in [1.54, 1.807) is 0 Å². The van der Waals surface area contributed by atoms with Crippen LogP contribution in [0.3, 0.4) is 0 Å². The first kappa shape index (κ1) is 20.6. The average molecular weight is 407 g/mol. The predicted octanol–water partition coefficient (Wildman–Crippen LogP) is 4.89. The van der Waals surface area contributed by atoms with Crippen LogP contribution in [0, 0.1) is 0 Å². The Morgan fingerprint density at radius 3 is 2.89 bits per heavy atom. The van der Waals surface area contributed by atoms with Crippen molar-refractivity contribution in [1.82, 2.24) is 5.32 Å². The molecule has 27 heavy (non-hydrogen) atoms. The number of aliphatic imine (C=N–C) groups is 1. The fourth-order valence-corrected chi connectivity index (χ4v) is 6.93. The number of rotatable bonds is 6. The van der Waals surface area contributed by atoms with Gasteiger partial charge < -0.3 is 10.4 Å². The zero-order valence-electron chi connectivity index (χ0n) is 15.9. The zero-order valence-corrected chi connectivity index (χ0v) is 17.5. The van der Waals surface area contributed by atoms with Crippen LogP contribution in [0.1, 0.15) is 62.0 Å². The van der Waals surface area contributed by atoms with Gasteiger partial charge in [-0.3, -0.25) is 9.79 Å². The van der Waals surface area contributed by atoms with Gasteiger partial charge in [-0.05, 0) is 49.7 Å². The number of nitrogens with zero attached hydrogens (tertiary/aromatic N) is 1. The minimum atomic E-state index is -0.663. The summed E-state index contributed by atoms with van der Waals surface area (Å²) in [5, 5.41) is 12.6. The summed E-state index contributed by atoms with van der Waals surface area (Å²) in [4.78, 5) is 14.7. The van der Waals surface area contributed by atoms with Crippen LogP contribution in [0.4, 0.5) is 0 Å². The number of hydrogen-bond acceptors (Lipinski definition) is 5. The molecule has 3 aliphatic rings. The highest BCUT2D eigenvalue weighted by Gasteiger charge is 2.25. The van der Waals surface area contributed by atoms with E-state index >= 15 is 0 Å². The molecule has 0 amide bonds. The molecule has 0 aromatic heterocycles. The number of nitrogens with one attached hydrogen (secondary N) is 1. The van der Waals surface area contributed by atoms with E-state index in [0.29, 0.717) is 12.3 Å². The van der Waals surface area contributed by atoms with Gasteiger partial charge in [0.15, 0.2) is 0 Å². The molecule has 2 heterocycles. The Bertz CT molecular complexity index is 645. The second kappa shape index (κ2) is 11.0. The SMILES string of the molecule is O=C(O)CCCC[C@@H]1CCSS1.c1ccc2c(c1)CCCC2C1=NCCN1. The van der Waals surface area contributed by atoms with Crippen LogP contribution in [-0.2, 0) is 11.2 Å². The highest BCUT2D eigenvalue weighted by Crippen LogP contribution is 2.39. The Balaban J connectivity index is 0.000000161. The highest BCUT2D eigenvalue weighted by molar-refractivity contribution is 8.77. The molecule has 2 N–H and O–H groups in total. The lowest BCUT2D eigenvalue weighted by Gasteiger charge is -2.25. The van der Waals surface area contributed by atoms with E-state index in [2.05, 4.69) is 34.6 Å². The van der Waals surface area contributed by atoms with Crippen LogP contribution in [0.5, 0.6) is 0 Å². The quantitative estimate of drug-likeness (QED) is 0.520. The van der Waals surface area contributed by atoms with Crippen LogP contribution in [0.25, 0.3) is 0 Å². The van der Waals surface area contributed by atoms with E-state index in [1.807, 2.05) is 21.6 Å². The van der Waals surface area contributed by atoms with Gasteiger partial charge in [-0.2, -0.15) is 0 Å². The fraction of sp³-hybridized carbons (Fsp3) is 0.619. The fourth-order valence-electron chi connectivity index (χ4n) is 3.90. The second-order valence-electron chi connectivity index (χ2n) is 7.31. The number of hydrogen-bond donors (Lipinski definition) is 2. The number of aliphatic carboxylic acids is 1. The summed E-state index contributed by atoms with van der Waals surface area (Å²) < 4.78 is 0. The van der Waals surface area contributed by atoms with E-state index in [4.69, 9.17) is 5.11 Å². The monoisotopic (exact) mass is 406 g/mol. The minimum Gasteiger partial charge on any atom is -0.481 e. The molecule has 1 aliphatic carbocycles. The summed E-state index contributed by atoms with van der Waals surface area (Å²) in [5.41, 5.74) is 3.02. The summed E-state index contributed by atoms with van der Waals surface area (Å²) in [6.07, 6.45) is 8.55. The summed E-state index contributed by atoms with van der Waals surface area (Å²) in [6, 6.07) is 8.82. The molecule has 2 atom stereocenters. The number of carbonyl (C=O) groups is 1. The van der Waals surface area contributed by atoms with E-state index in [0.717, 1.165) is 31.2 Å². The van der Waals surface area contributed by atoms with Crippen LogP contribution in [0.15, 0.2) is 29.3 Å². The van der Waals surface area contributed by atoms with Gasteiger partial charge in [0, 0.05) is 29.9 Å². The van der Waals surface area contributed by atoms with Crippen molar-refractivity contribution in [2.45, 2.75) is 62.5 Å². The van der Waals surface area contributed by atoms with Crippen LogP contribution < -0.4 is 5.32 Å². The number of carboxylic acids is 1. The molecule has 1 aromatic rings. The smallest absolute Gasteiger partial charge is 0.303 e. The van der Waals surface area contributed by atoms with Gasteiger partial charge in [0.25, 0.3) is 0 Å². The van der Waals surface area contributed by atoms with E-state index in [-0.39, 0.29) is 0 Å². The van der Waals surface area contributed by atoms with Crippen LogP contribution in [0.2, 0.25) is 0 Å². The van der Waals surface area contributed by atoms with Gasteiger partial charge in [0.05, 0.1) is 6.54 Å². The Labute approximate surface area is 170 Å². The molecule has 148 valence electrons. The summed E-state index contributed by atoms with van der Waals surface area (Å²) in [6.45, 7) is 1.97. The van der Waals surface area contributed by atoms with Crippen molar-refractivity contribution in [1.29, 1.82) is 0 Å². The number of aryl methyl sites for hydroxylation is 1. The molecule has 1 fully saturated rings. The van der Waals surface area contributed by atoms with Crippen molar-refractivity contribution < 1.29 is 9.90 Å². The number of carboxylic acid groups (broad SMARTS) is 1. The van der Waals surface area contributed by atoms with E-state index in [9.17, 15) is 4.79 Å². The van der Waals surface area contributed by atoms with Crippen LogP contribution >= 0.6 is 21.6 Å². The van der Waals surface area contributed by atoms with E-state index < -0.39 is 5.97 Å². The summed E-state index contributed by atoms with van der Waals surface area (Å²) in [5.74, 6) is 2.37. The normalized spacial score (nSPS) is 23.6. The molecule has 0 spiro atoms. The third kappa shape index (κ3) is 6.46. The van der Waals surface area contributed by atoms with Gasteiger partial charge in [0.1, 0.15) is 5.84 Å². The predicted molar refractivity (Wildman–Crippen MR) is 117 cm³/mol. The maximum atomic E-state index is 10.2. The lowest BCUT2D eigenvalue weighted by atomic mass is 9.82. The molecule has 2 aliphatic heterocycles. The van der Waals surface area contributed by atoms with Crippen molar-refractivity contribution in [2.75, 3.05) is 18.8 Å². The Hall–Kier alpha value is -1.14. The number of benzene rings is 1. The lowest BCUT2D eigenvalue weighted by molar-refractivity contribution is -0.137. The molecular weight excluding hydrogens is 376 g/mol. The first-order valence-electron chi connectivity index (χ1n) is 10.1. The highest BCUT2D eigenvalue weighted by atomic mass is 33.1. The lowest BCUT2D eigenvalue weighted by Crippen LogP contribution is -2.28. The van der Waals surface area contributed by atoms with Crippen molar-refractivity contribution >= 4 is 33.4 Å². The van der Waals surface area contributed by atoms with Gasteiger partial charge in [-0.15, -0.1) is 0 Å². The maximum Gasteiger partial charge on any atom is 0.303 e. The topological polar surface area (TPSA) is 61.7 Å². The van der Waals surface area contributed by atoms with Gasteiger partial charge in [0.2, 0.25) is 0 Å². The first-order valence-corrected chi connectivity index (χ1v) is 12.5. The molecule has 6 heteroatoms. The minimum absolute atomic E-state index is 0.338. The molecule has 0 bridgehead atoms. The zero-order chi connectivity index (χ0) is 18.9. The van der Waals surface area contributed by atoms with Crippen molar-refractivity contribution in [3.05, 3.63) is 35.4 Å². The second-order valence-corrected chi connectivity index (χ2v) is 10.1. The van der Waals surface area contributed by atoms with Crippen LogP contribution in [-0.4, -0.2) is 41.0 Å². The molecule has 1 saturated heterocycles. The maximum absolute atomic E-state index is 10.2. The number of amidine groups is 1. The molecule has 0 saturated carbocycles. The van der Waals surface area contributed by atoms with Crippen molar-refractivity contribution in [3.8, 4) is 0 Å². The van der Waals surface area contributed by atoms with Crippen molar-refractivity contribution in [3.63, 3.8) is 0 Å². The molecule has 1 aromatic carbocycles. The van der Waals surface area contributed by atoms with E-state index in [1.165, 1.54) is 54.8 Å². The molecule has 4 nitrogen and oxygen atoms in total.